The number of nitrogens with one attached hydrogen (secondary N) is 2. The highest BCUT2D eigenvalue weighted by atomic mass is 16.7. The van der Waals surface area contributed by atoms with Gasteiger partial charge in [-0.3, -0.25) is 14.5 Å². The number of carbonyl (C=O) groups is 3. The second kappa shape index (κ2) is 21.9. The molecule has 0 radical (unpaired) electrons. The molecule has 10 atom stereocenters. The first-order valence-corrected chi connectivity index (χ1v) is 20.2. The molecule has 0 aromatic heterocycles. The van der Waals surface area contributed by atoms with Crippen molar-refractivity contribution in [2.24, 2.45) is 0 Å². The fourth-order valence-electron chi connectivity index (χ4n) is 7.26. The van der Waals surface area contributed by atoms with Gasteiger partial charge in [-0.1, -0.05) is 121 Å². The van der Waals surface area contributed by atoms with Crippen LogP contribution in [0.3, 0.4) is 0 Å². The number of aliphatic hydroxyl groups is 1. The third kappa shape index (κ3) is 12.4. The van der Waals surface area contributed by atoms with Gasteiger partial charge in [0.25, 0.3) is 0 Å². The van der Waals surface area contributed by atoms with Crippen molar-refractivity contribution in [2.75, 3.05) is 6.73 Å². The Morgan fingerprint density at radius 1 is 0.583 bits per heavy atom. The Hall–Kier alpha value is -5.19. The number of amides is 3. The van der Waals surface area contributed by atoms with Crippen molar-refractivity contribution in [3.05, 3.63) is 144 Å². The molecule has 0 spiro atoms. The lowest BCUT2D eigenvalue weighted by atomic mass is 9.94. The van der Waals surface area contributed by atoms with E-state index in [-0.39, 0.29) is 39.0 Å². The van der Waals surface area contributed by atoms with Gasteiger partial charge < -0.3 is 48.9 Å². The van der Waals surface area contributed by atoms with E-state index in [1.54, 1.807) is 6.92 Å². The van der Waals surface area contributed by atoms with E-state index in [2.05, 4.69) is 10.6 Å². The van der Waals surface area contributed by atoms with E-state index < -0.39 is 73.3 Å². The number of benzene rings is 4. The van der Waals surface area contributed by atoms with Gasteiger partial charge in [-0.25, -0.2) is 4.79 Å². The standard InChI is InChI=1S/C46H55N3O11/c1-30-40(52)42(38(47-32(3)50)44(58-30)57-29-49(25-34-17-9-5-10-18-34)46(53)56-28-37-23-15-8-16-24-37)60-45-39(48-33(4)51)43(55-27-36-21-13-7-14-22-36)41(31(2)59-45)54-26-35-19-11-6-12-20-35/h5-24,30-31,38-45,52H,25-29H2,1-4H3,(H,47,50)(H,48,51)/t30?,31?,38?,39?,40-,41+,42+,43+,44+,45-/m0/s1. The van der Waals surface area contributed by atoms with Gasteiger partial charge in [0.1, 0.15) is 49.8 Å². The average Bonchev–Trinajstić information content (AvgIpc) is 3.25. The Balaban J connectivity index is 1.24. The topological polar surface area (TPSA) is 163 Å². The summed E-state index contributed by atoms with van der Waals surface area (Å²) in [5.74, 6) is -0.828. The maximum atomic E-state index is 13.6. The minimum Gasteiger partial charge on any atom is -0.444 e. The fourth-order valence-corrected chi connectivity index (χ4v) is 7.26. The highest BCUT2D eigenvalue weighted by Crippen LogP contribution is 2.33. The molecule has 6 rings (SSSR count). The smallest absolute Gasteiger partial charge is 0.412 e. The van der Waals surface area contributed by atoms with Crippen LogP contribution in [0.1, 0.15) is 49.9 Å². The molecule has 2 heterocycles. The van der Waals surface area contributed by atoms with E-state index in [0.717, 1.165) is 22.3 Å². The quantitative estimate of drug-likeness (QED) is 0.120. The summed E-state index contributed by atoms with van der Waals surface area (Å²) in [5.41, 5.74) is 3.49. The molecule has 4 unspecified atom stereocenters. The van der Waals surface area contributed by atoms with Gasteiger partial charge in [0.15, 0.2) is 12.6 Å². The number of aliphatic hydroxyl groups excluding tert-OH is 1. The summed E-state index contributed by atoms with van der Waals surface area (Å²) < 4.78 is 44.4. The van der Waals surface area contributed by atoms with Crippen LogP contribution in [0.4, 0.5) is 4.79 Å². The van der Waals surface area contributed by atoms with Gasteiger partial charge >= 0.3 is 6.09 Å². The van der Waals surface area contributed by atoms with Crippen molar-refractivity contribution < 1.29 is 52.6 Å². The van der Waals surface area contributed by atoms with Gasteiger partial charge in [-0.15, -0.1) is 0 Å². The number of hydrogen-bond donors (Lipinski definition) is 3. The number of rotatable bonds is 17. The zero-order valence-corrected chi connectivity index (χ0v) is 34.3. The third-order valence-electron chi connectivity index (χ3n) is 10.3. The van der Waals surface area contributed by atoms with Crippen LogP contribution in [0, 0.1) is 0 Å². The Bertz CT molecular complexity index is 1930. The maximum absolute atomic E-state index is 13.6. The van der Waals surface area contributed by atoms with Gasteiger partial charge in [0, 0.05) is 13.8 Å². The molecule has 0 aliphatic carbocycles. The van der Waals surface area contributed by atoms with Crippen LogP contribution >= 0.6 is 0 Å². The summed E-state index contributed by atoms with van der Waals surface area (Å²) in [6.07, 6.45) is -8.50. The Morgan fingerprint density at radius 3 is 1.55 bits per heavy atom. The number of hydrogen-bond acceptors (Lipinski definition) is 11. The lowest BCUT2D eigenvalue weighted by molar-refractivity contribution is -0.329. The summed E-state index contributed by atoms with van der Waals surface area (Å²) >= 11 is 0. The summed E-state index contributed by atoms with van der Waals surface area (Å²) in [4.78, 5) is 40.6. The highest BCUT2D eigenvalue weighted by Gasteiger charge is 2.52. The van der Waals surface area contributed by atoms with Gasteiger partial charge in [-0.2, -0.15) is 0 Å². The zero-order chi connectivity index (χ0) is 42.4. The van der Waals surface area contributed by atoms with E-state index in [4.69, 9.17) is 33.2 Å². The minimum absolute atomic E-state index is 0.0437. The molecule has 2 saturated heterocycles. The van der Waals surface area contributed by atoms with Gasteiger partial charge in [-0.05, 0) is 36.1 Å². The van der Waals surface area contributed by atoms with Crippen LogP contribution in [0.25, 0.3) is 0 Å². The largest absolute Gasteiger partial charge is 0.444 e. The summed E-state index contributed by atoms with van der Waals surface area (Å²) in [7, 11) is 0. The van der Waals surface area contributed by atoms with E-state index in [9.17, 15) is 19.5 Å². The second-order valence-electron chi connectivity index (χ2n) is 15.0. The lowest BCUT2D eigenvalue weighted by Crippen LogP contribution is -2.69. The first-order chi connectivity index (χ1) is 29.0. The Kier molecular flexibility index (Phi) is 16.2. The van der Waals surface area contributed by atoms with Crippen molar-refractivity contribution >= 4 is 17.9 Å². The summed E-state index contributed by atoms with van der Waals surface area (Å²) in [5, 5.41) is 17.5. The SMILES string of the molecule is CC(=O)NC1[C@H](O[C@@H]2C(NC(C)=O)[C@H](OCN(Cc3ccccc3)C(=O)OCc3ccccc3)OC(C)[C@@H]2O)OC(C)[C@@H](OCc2ccccc2)[C@@H]1OCc1ccccc1. The highest BCUT2D eigenvalue weighted by molar-refractivity contribution is 5.73. The predicted octanol–water partition coefficient (Wildman–Crippen LogP) is 5.22. The third-order valence-corrected chi connectivity index (χ3v) is 10.3. The molecule has 14 heteroatoms. The Morgan fingerprint density at radius 2 is 1.03 bits per heavy atom. The summed E-state index contributed by atoms with van der Waals surface area (Å²) in [6, 6.07) is 35.9. The van der Waals surface area contributed by atoms with Crippen molar-refractivity contribution in [3.63, 3.8) is 0 Å². The van der Waals surface area contributed by atoms with Crippen LogP contribution in [-0.4, -0.2) is 95.9 Å². The first kappa shape index (κ1) is 44.4. The number of ether oxygens (including phenoxy) is 7. The molecule has 14 nitrogen and oxygen atoms in total. The van der Waals surface area contributed by atoms with Crippen LogP contribution in [0.2, 0.25) is 0 Å². The molecule has 2 aliphatic heterocycles. The molecule has 3 N–H and O–H groups in total. The lowest BCUT2D eigenvalue weighted by Gasteiger charge is -2.49. The monoisotopic (exact) mass is 825 g/mol. The van der Waals surface area contributed by atoms with E-state index in [0.29, 0.717) is 0 Å². The second-order valence-corrected chi connectivity index (χ2v) is 15.0. The molecule has 0 bridgehead atoms. The molecule has 2 fully saturated rings. The van der Waals surface area contributed by atoms with Crippen LogP contribution in [0.15, 0.2) is 121 Å². The predicted molar refractivity (Wildman–Crippen MR) is 219 cm³/mol. The van der Waals surface area contributed by atoms with Crippen molar-refractivity contribution in [3.8, 4) is 0 Å². The summed E-state index contributed by atoms with van der Waals surface area (Å²) in [6.45, 7) is 6.51. The number of nitrogens with zero attached hydrogens (tertiary/aromatic N) is 1. The molecule has 4 aromatic rings. The average molecular weight is 826 g/mol. The fraction of sp³-hybridized carbons (Fsp3) is 0.413. The molecule has 60 heavy (non-hydrogen) atoms. The van der Waals surface area contributed by atoms with Gasteiger partial charge in [0.05, 0.1) is 32.0 Å². The van der Waals surface area contributed by atoms with Crippen molar-refractivity contribution in [1.82, 2.24) is 15.5 Å². The van der Waals surface area contributed by atoms with E-state index >= 15 is 0 Å². The molecule has 2 aliphatic rings. The molecule has 3 amide bonds. The van der Waals surface area contributed by atoms with Crippen LogP contribution in [-0.2, 0) is 69.1 Å². The molecular weight excluding hydrogens is 771 g/mol. The van der Waals surface area contributed by atoms with Crippen LogP contribution < -0.4 is 10.6 Å². The Labute approximate surface area is 351 Å². The van der Waals surface area contributed by atoms with Crippen LogP contribution in [0.5, 0.6) is 0 Å². The normalized spacial score (nSPS) is 26.4. The van der Waals surface area contributed by atoms with Gasteiger partial charge in [0.2, 0.25) is 11.8 Å². The van der Waals surface area contributed by atoms with E-state index in [1.165, 1.54) is 18.7 Å². The zero-order valence-electron chi connectivity index (χ0n) is 34.3. The molecular formula is C46H55N3O11. The molecule has 320 valence electrons. The minimum atomic E-state index is -1.30. The maximum Gasteiger partial charge on any atom is 0.412 e. The van der Waals surface area contributed by atoms with Crippen molar-refractivity contribution in [2.45, 2.75) is 115 Å². The number of carbonyl (C=O) groups excluding carboxylic acids is 3. The van der Waals surface area contributed by atoms with E-state index in [1.807, 2.05) is 128 Å². The molecule has 4 aromatic carbocycles. The molecule has 0 saturated carbocycles. The first-order valence-electron chi connectivity index (χ1n) is 20.2. The van der Waals surface area contributed by atoms with Crippen molar-refractivity contribution in [1.29, 1.82) is 0 Å².